The van der Waals surface area contributed by atoms with Crippen LogP contribution in [-0.4, -0.2) is 24.1 Å². The van der Waals surface area contributed by atoms with E-state index in [0.29, 0.717) is 17.6 Å². The molecule has 0 saturated heterocycles. The van der Waals surface area contributed by atoms with Crippen LogP contribution in [0.3, 0.4) is 0 Å². The summed E-state index contributed by atoms with van der Waals surface area (Å²) in [5.41, 5.74) is 20.5. The average molecular weight is 1020 g/mol. The zero-order valence-corrected chi connectivity index (χ0v) is 43.5. The van der Waals surface area contributed by atoms with Crippen LogP contribution in [-0.2, 0) is 0 Å². The Morgan fingerprint density at radius 2 is 0.537 bits per heavy atom. The van der Waals surface area contributed by atoms with Gasteiger partial charge in [0.15, 0.2) is 11.6 Å². The minimum Gasteiger partial charge on any atom is -0.307 e. The molecule has 0 aliphatic carbocycles. The van der Waals surface area contributed by atoms with E-state index < -0.39 is 0 Å². The Kier molecular flexibility index (Phi) is 11.4. The number of rotatable bonds is 10. The molecule has 15 aromatic rings. The highest BCUT2D eigenvalue weighted by Crippen LogP contribution is 2.52. The molecule has 0 N–H and O–H groups in total. The van der Waals surface area contributed by atoms with Crippen molar-refractivity contribution in [2.45, 2.75) is 0 Å². The molecule has 5 nitrogen and oxygen atoms in total. The summed E-state index contributed by atoms with van der Waals surface area (Å²) in [6, 6.07) is 106. The van der Waals surface area contributed by atoms with Crippen molar-refractivity contribution < 1.29 is 0 Å². The van der Waals surface area contributed by atoms with Crippen LogP contribution in [0.5, 0.6) is 0 Å². The summed E-state index contributed by atoms with van der Waals surface area (Å²) in [7, 11) is 0. The largest absolute Gasteiger partial charge is 0.307 e. The van der Waals surface area contributed by atoms with Crippen molar-refractivity contribution in [3.63, 3.8) is 0 Å². The van der Waals surface area contributed by atoms with Gasteiger partial charge >= 0.3 is 0 Å². The fraction of sp³-hybridized carbons (Fsp3) is 0. The standard InChI is InChI=1S/C75H49N5/c1-6-24-50(25-7-1)54-32-20-35-57(46-54)58-36-23-39-61(49-58)74-76-73(60-38-22-34-56(48-60)52-28-10-3-11-29-52)77-75(78-74)80-66-45-19-17-43-64(66)70-68(59-37-21-33-55(47-59)51-26-8-2-9-27-51)67(53-30-12-4-13-31-53)69-63-42-16-18-44-65(63)79(71(69)72(70)80)62-40-14-5-15-41-62/h1-49H. The van der Waals surface area contributed by atoms with Crippen LogP contribution < -0.4 is 0 Å². The van der Waals surface area contributed by atoms with Gasteiger partial charge in [0, 0.05) is 49.5 Å². The van der Waals surface area contributed by atoms with Crippen molar-refractivity contribution in [2.75, 3.05) is 0 Å². The molecule has 0 aliphatic rings. The Hall–Kier alpha value is -10.8. The lowest BCUT2D eigenvalue weighted by Crippen LogP contribution is -2.07. The third-order valence-corrected chi connectivity index (χ3v) is 15.5. The van der Waals surface area contributed by atoms with Crippen LogP contribution in [0.25, 0.3) is 145 Å². The summed E-state index contributed by atoms with van der Waals surface area (Å²) < 4.78 is 4.78. The number of benzene rings is 12. The molecule has 80 heavy (non-hydrogen) atoms. The van der Waals surface area contributed by atoms with Crippen molar-refractivity contribution in [2.24, 2.45) is 0 Å². The summed E-state index contributed by atoms with van der Waals surface area (Å²) in [6.45, 7) is 0. The number of fused-ring (bicyclic) bond motifs is 7. The first kappa shape index (κ1) is 46.5. The molecule has 12 aromatic carbocycles. The molecule has 3 aromatic heterocycles. The molecule has 0 spiro atoms. The molecule has 0 atom stereocenters. The van der Waals surface area contributed by atoms with Crippen LogP contribution >= 0.6 is 0 Å². The predicted molar refractivity (Wildman–Crippen MR) is 332 cm³/mol. The highest BCUT2D eigenvalue weighted by Gasteiger charge is 2.30. The highest BCUT2D eigenvalue weighted by atomic mass is 15.2. The molecule has 0 bridgehead atoms. The van der Waals surface area contributed by atoms with Crippen molar-refractivity contribution >= 4 is 43.6 Å². The van der Waals surface area contributed by atoms with E-state index in [-0.39, 0.29) is 0 Å². The topological polar surface area (TPSA) is 48.5 Å². The van der Waals surface area contributed by atoms with Crippen molar-refractivity contribution in [3.05, 3.63) is 297 Å². The van der Waals surface area contributed by atoms with E-state index in [0.717, 1.165) is 122 Å². The van der Waals surface area contributed by atoms with Crippen molar-refractivity contribution in [1.82, 2.24) is 24.1 Å². The summed E-state index contributed by atoms with van der Waals surface area (Å²) in [4.78, 5) is 16.8. The summed E-state index contributed by atoms with van der Waals surface area (Å²) in [6.07, 6.45) is 0. The van der Waals surface area contributed by atoms with E-state index in [1.807, 2.05) is 0 Å². The minimum absolute atomic E-state index is 0.514. The summed E-state index contributed by atoms with van der Waals surface area (Å²) >= 11 is 0. The molecule has 0 unspecified atom stereocenters. The lowest BCUT2D eigenvalue weighted by Gasteiger charge is -2.19. The monoisotopic (exact) mass is 1020 g/mol. The molecule has 15 rings (SSSR count). The van der Waals surface area contributed by atoms with E-state index in [1.54, 1.807) is 0 Å². The maximum absolute atomic E-state index is 5.68. The van der Waals surface area contributed by atoms with Gasteiger partial charge in [-0.25, -0.2) is 4.98 Å². The highest BCUT2D eigenvalue weighted by molar-refractivity contribution is 6.33. The number of hydrogen-bond acceptors (Lipinski definition) is 3. The zero-order chi connectivity index (χ0) is 52.9. The Bertz CT molecular complexity index is 4800. The van der Waals surface area contributed by atoms with E-state index in [1.165, 1.54) is 5.56 Å². The second kappa shape index (κ2) is 19.7. The molecular formula is C75H49N5. The maximum Gasteiger partial charge on any atom is 0.238 e. The van der Waals surface area contributed by atoms with Crippen LogP contribution in [0.4, 0.5) is 0 Å². The van der Waals surface area contributed by atoms with Gasteiger partial charge in [-0.1, -0.05) is 249 Å². The second-order valence-electron chi connectivity index (χ2n) is 20.3. The summed E-state index contributed by atoms with van der Waals surface area (Å²) in [5.74, 6) is 1.65. The molecule has 0 radical (unpaired) electrons. The number of para-hydroxylation sites is 3. The van der Waals surface area contributed by atoms with Gasteiger partial charge in [-0.15, -0.1) is 0 Å². The van der Waals surface area contributed by atoms with E-state index in [2.05, 4.69) is 306 Å². The normalized spacial score (nSPS) is 11.5. The molecule has 0 fully saturated rings. The van der Waals surface area contributed by atoms with Crippen LogP contribution in [0, 0.1) is 0 Å². The van der Waals surface area contributed by atoms with Gasteiger partial charge in [0.1, 0.15) is 0 Å². The second-order valence-corrected chi connectivity index (χ2v) is 20.3. The Labute approximate surface area is 463 Å². The van der Waals surface area contributed by atoms with Gasteiger partial charge in [0.25, 0.3) is 0 Å². The molecule has 374 valence electrons. The Balaban J connectivity index is 1.09. The fourth-order valence-corrected chi connectivity index (χ4v) is 11.9. The lowest BCUT2D eigenvalue weighted by molar-refractivity contribution is 0.953. The lowest BCUT2D eigenvalue weighted by atomic mass is 9.86. The van der Waals surface area contributed by atoms with Crippen LogP contribution in [0.1, 0.15) is 0 Å². The SMILES string of the molecule is c1ccc(-c2cccc(-c3cccc(-c4nc(-c5cccc(-c6ccccc6)c5)nc(-n5c6ccccc6c6c(-c7cccc(-c8ccccc8)c7)c(-c7ccccc7)c7c8ccccc8n(-c8ccccc8)c7c65)n4)c3)c2)cc1. The maximum atomic E-state index is 5.68. The van der Waals surface area contributed by atoms with Crippen molar-refractivity contribution in [1.29, 1.82) is 0 Å². The first-order chi connectivity index (χ1) is 39.7. The van der Waals surface area contributed by atoms with Gasteiger partial charge in [-0.05, 0) is 104 Å². The first-order valence-electron chi connectivity index (χ1n) is 27.2. The third-order valence-electron chi connectivity index (χ3n) is 15.5. The van der Waals surface area contributed by atoms with E-state index in [9.17, 15) is 0 Å². The van der Waals surface area contributed by atoms with Crippen LogP contribution in [0.15, 0.2) is 297 Å². The minimum atomic E-state index is 0.514. The van der Waals surface area contributed by atoms with Gasteiger partial charge in [-0.2, -0.15) is 9.97 Å². The number of nitrogens with zero attached hydrogens (tertiary/aromatic N) is 5. The molecule has 0 amide bonds. The Morgan fingerprint density at radius 3 is 1.01 bits per heavy atom. The van der Waals surface area contributed by atoms with Gasteiger partial charge in [0.2, 0.25) is 5.95 Å². The molecule has 3 heterocycles. The predicted octanol–water partition coefficient (Wildman–Crippen LogP) is 19.4. The molecule has 0 saturated carbocycles. The fourth-order valence-electron chi connectivity index (χ4n) is 11.9. The smallest absolute Gasteiger partial charge is 0.238 e. The molecule has 0 aliphatic heterocycles. The molecular weight excluding hydrogens is 971 g/mol. The quantitative estimate of drug-likeness (QED) is 0.137. The van der Waals surface area contributed by atoms with Crippen LogP contribution in [0.2, 0.25) is 0 Å². The van der Waals surface area contributed by atoms with Crippen molar-refractivity contribution in [3.8, 4) is 101 Å². The van der Waals surface area contributed by atoms with Gasteiger partial charge in [-0.3, -0.25) is 4.57 Å². The van der Waals surface area contributed by atoms with Gasteiger partial charge in [0.05, 0.1) is 22.1 Å². The summed E-state index contributed by atoms with van der Waals surface area (Å²) in [5, 5.41) is 4.48. The van der Waals surface area contributed by atoms with E-state index >= 15 is 0 Å². The average Bonchev–Trinajstić information content (AvgIpc) is 4.22. The number of hydrogen-bond donors (Lipinski definition) is 0. The Morgan fingerprint density at radius 1 is 0.225 bits per heavy atom. The van der Waals surface area contributed by atoms with E-state index in [4.69, 9.17) is 15.0 Å². The third kappa shape index (κ3) is 8.07. The molecule has 5 heteroatoms. The number of aromatic nitrogens is 5. The van der Waals surface area contributed by atoms with Gasteiger partial charge < -0.3 is 4.57 Å². The first-order valence-corrected chi connectivity index (χ1v) is 27.2. The zero-order valence-electron chi connectivity index (χ0n) is 43.5.